The number of nitrogens with zero attached hydrogens (tertiary/aromatic N) is 3. The van der Waals surface area contributed by atoms with Crippen LogP contribution >= 0.6 is 11.6 Å². The molecule has 0 amide bonds. The molecule has 0 bridgehead atoms. The molecule has 0 spiro atoms. The summed E-state index contributed by atoms with van der Waals surface area (Å²) in [4.78, 5) is 19.2. The highest BCUT2D eigenvalue weighted by atomic mass is 35.5. The molecule has 8 heteroatoms. The number of phenolic OH excluding ortho intramolecular Hbond substituents is 1. The summed E-state index contributed by atoms with van der Waals surface area (Å²) in [6.07, 6.45) is 1.33. The summed E-state index contributed by atoms with van der Waals surface area (Å²) < 4.78 is 5.89. The lowest BCUT2D eigenvalue weighted by molar-refractivity contribution is -0.385. The topological polar surface area (TPSA) is 102 Å². The fourth-order valence-corrected chi connectivity index (χ4v) is 3.42. The van der Waals surface area contributed by atoms with Crippen LogP contribution in [0.3, 0.4) is 0 Å². The number of fused-ring (bicyclic) bond motifs is 1. The van der Waals surface area contributed by atoms with Crippen LogP contribution in [0.5, 0.6) is 5.75 Å². The summed E-state index contributed by atoms with van der Waals surface area (Å²) >= 11 is 5.91. The van der Waals surface area contributed by atoms with Crippen LogP contribution in [0.2, 0.25) is 5.02 Å². The van der Waals surface area contributed by atoms with Gasteiger partial charge in [0.2, 0.25) is 11.6 Å². The fourth-order valence-electron chi connectivity index (χ4n) is 3.19. The molecule has 4 rings (SSSR count). The normalized spacial score (nSPS) is 12.0. The van der Waals surface area contributed by atoms with Gasteiger partial charge in [0.1, 0.15) is 5.52 Å². The van der Waals surface area contributed by atoms with Gasteiger partial charge < -0.3 is 9.52 Å². The van der Waals surface area contributed by atoms with Gasteiger partial charge in [-0.2, -0.15) is 0 Å². The van der Waals surface area contributed by atoms with Crippen LogP contribution in [0.4, 0.5) is 11.4 Å². The summed E-state index contributed by atoms with van der Waals surface area (Å²) in [7, 11) is 0. The molecule has 0 aliphatic heterocycles. The minimum absolute atomic E-state index is 0.0187. The molecule has 0 saturated heterocycles. The molecule has 0 radical (unpaired) electrons. The Labute approximate surface area is 189 Å². The molecule has 1 heterocycles. The van der Waals surface area contributed by atoms with E-state index in [1.54, 1.807) is 12.1 Å². The van der Waals surface area contributed by atoms with Gasteiger partial charge in [0.15, 0.2) is 5.58 Å². The second kappa shape index (κ2) is 8.09. The molecule has 1 aromatic heterocycles. The predicted molar refractivity (Wildman–Crippen MR) is 125 cm³/mol. The van der Waals surface area contributed by atoms with E-state index in [-0.39, 0.29) is 16.0 Å². The lowest BCUT2D eigenvalue weighted by Gasteiger charge is -2.18. The zero-order valence-electron chi connectivity index (χ0n) is 17.7. The maximum Gasteiger partial charge on any atom is 0.312 e. The van der Waals surface area contributed by atoms with Crippen LogP contribution in [0.25, 0.3) is 22.6 Å². The molecule has 0 fully saturated rings. The molecule has 3 aromatic carbocycles. The van der Waals surface area contributed by atoms with Crippen LogP contribution in [-0.4, -0.2) is 21.2 Å². The van der Waals surface area contributed by atoms with Crippen molar-refractivity contribution in [2.75, 3.05) is 0 Å². The Hall–Kier alpha value is -3.71. The number of halogens is 1. The third-order valence-corrected chi connectivity index (χ3v) is 5.22. The quantitative estimate of drug-likeness (QED) is 0.209. The third kappa shape index (κ3) is 4.33. The smallest absolute Gasteiger partial charge is 0.312 e. The van der Waals surface area contributed by atoms with Gasteiger partial charge in [-0.15, -0.1) is 0 Å². The number of aliphatic imine (C=N–C) groups is 1. The highest BCUT2D eigenvalue weighted by Crippen LogP contribution is 2.33. The Kier molecular flexibility index (Phi) is 5.44. The highest BCUT2D eigenvalue weighted by molar-refractivity contribution is 6.31. The molecule has 7 nitrogen and oxygen atoms in total. The van der Waals surface area contributed by atoms with Gasteiger partial charge in [-0.1, -0.05) is 38.4 Å². The van der Waals surface area contributed by atoms with E-state index in [2.05, 4.69) is 30.7 Å². The molecule has 0 atom stereocenters. The number of benzene rings is 3. The van der Waals surface area contributed by atoms with E-state index < -0.39 is 16.4 Å². The number of aromatic hydroxyl groups is 1. The first kappa shape index (κ1) is 21.5. The Bertz CT molecular complexity index is 1350. The van der Waals surface area contributed by atoms with Crippen LogP contribution in [0.1, 0.15) is 31.9 Å². The van der Waals surface area contributed by atoms with Crippen LogP contribution < -0.4 is 0 Å². The minimum atomic E-state index is -0.696. The average Bonchev–Trinajstić information content (AvgIpc) is 3.17. The molecule has 32 heavy (non-hydrogen) atoms. The van der Waals surface area contributed by atoms with Crippen molar-refractivity contribution in [1.29, 1.82) is 0 Å². The monoisotopic (exact) mass is 449 g/mol. The summed E-state index contributed by atoms with van der Waals surface area (Å²) in [6.45, 7) is 6.45. The van der Waals surface area contributed by atoms with Crippen molar-refractivity contribution in [2.24, 2.45) is 4.99 Å². The first-order chi connectivity index (χ1) is 15.1. The van der Waals surface area contributed by atoms with E-state index in [1.807, 2.05) is 30.3 Å². The Morgan fingerprint density at radius 1 is 1.12 bits per heavy atom. The van der Waals surface area contributed by atoms with Crippen LogP contribution in [-0.2, 0) is 5.41 Å². The van der Waals surface area contributed by atoms with E-state index in [0.717, 1.165) is 17.1 Å². The summed E-state index contributed by atoms with van der Waals surface area (Å²) in [5.41, 5.74) is 3.77. The van der Waals surface area contributed by atoms with Gasteiger partial charge in [0.05, 0.1) is 10.6 Å². The van der Waals surface area contributed by atoms with E-state index in [0.29, 0.717) is 17.2 Å². The molecule has 0 aliphatic rings. The van der Waals surface area contributed by atoms with Gasteiger partial charge in [0, 0.05) is 28.4 Å². The van der Waals surface area contributed by atoms with Gasteiger partial charge >= 0.3 is 5.69 Å². The van der Waals surface area contributed by atoms with Crippen molar-refractivity contribution in [2.45, 2.75) is 26.2 Å². The molecule has 162 valence electrons. The second-order valence-electron chi connectivity index (χ2n) is 8.38. The Balaban J connectivity index is 1.60. The zero-order valence-corrected chi connectivity index (χ0v) is 18.4. The summed E-state index contributed by atoms with van der Waals surface area (Å²) in [5.74, 6) is 0.0190. The summed E-state index contributed by atoms with van der Waals surface area (Å²) in [6, 6.07) is 15.7. The Morgan fingerprint density at radius 2 is 1.84 bits per heavy atom. The van der Waals surface area contributed by atoms with Gasteiger partial charge in [-0.05, 0) is 53.4 Å². The molecule has 0 saturated carbocycles. The van der Waals surface area contributed by atoms with Gasteiger partial charge in [-0.25, -0.2) is 4.98 Å². The lowest BCUT2D eigenvalue weighted by atomic mass is 9.87. The highest BCUT2D eigenvalue weighted by Gasteiger charge is 2.18. The number of aromatic nitrogens is 1. The minimum Gasteiger partial charge on any atom is -0.502 e. The predicted octanol–water partition coefficient (Wildman–Crippen LogP) is 6.81. The average molecular weight is 450 g/mol. The number of hydrogen-bond donors (Lipinski definition) is 1. The number of hydrogen-bond acceptors (Lipinski definition) is 6. The van der Waals surface area contributed by atoms with Crippen LogP contribution in [0, 0.1) is 10.1 Å². The first-order valence-corrected chi connectivity index (χ1v) is 10.2. The van der Waals surface area contributed by atoms with Crippen molar-refractivity contribution in [3.63, 3.8) is 0 Å². The largest absolute Gasteiger partial charge is 0.502 e. The lowest BCUT2D eigenvalue weighted by Crippen LogP contribution is -2.10. The number of nitro groups is 1. The fraction of sp³-hybridized carbons (Fsp3) is 0.167. The van der Waals surface area contributed by atoms with Crippen molar-refractivity contribution < 1.29 is 14.4 Å². The van der Waals surface area contributed by atoms with Crippen molar-refractivity contribution in [3.8, 4) is 17.2 Å². The van der Waals surface area contributed by atoms with E-state index >= 15 is 0 Å². The van der Waals surface area contributed by atoms with E-state index in [1.165, 1.54) is 17.8 Å². The first-order valence-electron chi connectivity index (χ1n) is 9.84. The molecule has 0 aliphatic carbocycles. The number of nitro benzene ring substituents is 1. The van der Waals surface area contributed by atoms with Crippen molar-refractivity contribution in [1.82, 2.24) is 4.98 Å². The van der Waals surface area contributed by atoms with Gasteiger partial charge in [0.25, 0.3) is 0 Å². The maximum absolute atomic E-state index is 11.0. The number of rotatable bonds is 4. The standard InChI is InChI=1S/C24H20ClN3O4/c1-24(2,3)16-6-9-21-19(11-16)27-23(32-21)14-4-7-18(8-5-14)26-13-15-10-17(25)12-20(22(15)29)28(30)31/h4-13,29H,1-3H3. The molecular formula is C24H20ClN3O4. The van der Waals surface area contributed by atoms with Crippen LogP contribution in [0.15, 0.2) is 64.0 Å². The molecule has 4 aromatic rings. The van der Waals surface area contributed by atoms with Gasteiger partial charge in [-0.3, -0.25) is 15.1 Å². The number of oxazole rings is 1. The van der Waals surface area contributed by atoms with E-state index in [4.69, 9.17) is 16.0 Å². The molecular weight excluding hydrogens is 430 g/mol. The Morgan fingerprint density at radius 3 is 2.50 bits per heavy atom. The molecule has 0 unspecified atom stereocenters. The summed E-state index contributed by atoms with van der Waals surface area (Å²) in [5, 5.41) is 21.2. The van der Waals surface area contributed by atoms with Crippen molar-refractivity contribution >= 4 is 40.3 Å². The SMILES string of the molecule is CC(C)(C)c1ccc2oc(-c3ccc(N=Cc4cc(Cl)cc([N+](=O)[O-])c4O)cc3)nc2c1. The van der Waals surface area contributed by atoms with E-state index in [9.17, 15) is 15.2 Å². The third-order valence-electron chi connectivity index (χ3n) is 5.00. The zero-order chi connectivity index (χ0) is 23.0. The number of phenols is 1. The van der Waals surface area contributed by atoms with Crippen molar-refractivity contribution in [3.05, 3.63) is 80.9 Å². The maximum atomic E-state index is 11.0. The molecule has 1 N–H and O–H groups in total. The second-order valence-corrected chi connectivity index (χ2v) is 8.81.